The molecule has 0 aliphatic heterocycles. The summed E-state index contributed by atoms with van der Waals surface area (Å²) in [6.07, 6.45) is 0.871. The van der Waals surface area contributed by atoms with Gasteiger partial charge in [-0.2, -0.15) is 0 Å². The van der Waals surface area contributed by atoms with Gasteiger partial charge in [0.25, 0.3) is 0 Å². The van der Waals surface area contributed by atoms with Gasteiger partial charge >= 0.3 is 0 Å². The molecule has 0 fully saturated rings. The molecule has 96 valence electrons. The third-order valence-corrected chi connectivity index (χ3v) is 2.86. The molecule has 1 aromatic carbocycles. The van der Waals surface area contributed by atoms with Crippen molar-refractivity contribution in [3.8, 4) is 0 Å². The van der Waals surface area contributed by atoms with E-state index in [0.717, 1.165) is 30.6 Å². The molecule has 0 saturated heterocycles. The van der Waals surface area contributed by atoms with Crippen molar-refractivity contribution >= 4 is 0 Å². The van der Waals surface area contributed by atoms with E-state index in [1.807, 2.05) is 13.0 Å². The van der Waals surface area contributed by atoms with Crippen molar-refractivity contribution in [2.45, 2.75) is 26.3 Å². The van der Waals surface area contributed by atoms with Gasteiger partial charge in [-0.05, 0) is 57.2 Å². The van der Waals surface area contributed by atoms with Crippen LogP contribution in [0.2, 0.25) is 0 Å². The molecule has 0 aliphatic rings. The number of rotatable bonds is 6. The van der Waals surface area contributed by atoms with Crippen LogP contribution < -0.4 is 5.32 Å². The average Bonchev–Trinajstić information content (AvgIpc) is 2.23. The first-order chi connectivity index (χ1) is 8.02. The molecule has 0 heterocycles. The Morgan fingerprint density at radius 1 is 1.35 bits per heavy atom. The molecule has 17 heavy (non-hydrogen) atoms. The van der Waals surface area contributed by atoms with Crippen LogP contribution in [0.25, 0.3) is 0 Å². The average molecular weight is 238 g/mol. The topological polar surface area (TPSA) is 15.3 Å². The molecular weight excluding hydrogens is 215 g/mol. The number of hydrogen-bond acceptors (Lipinski definition) is 2. The Morgan fingerprint density at radius 3 is 2.65 bits per heavy atom. The third-order valence-electron chi connectivity index (χ3n) is 2.86. The molecule has 0 spiro atoms. The number of benzene rings is 1. The summed E-state index contributed by atoms with van der Waals surface area (Å²) in [5, 5.41) is 3.44. The standard InChI is InChI=1S/C14H23FN2/c1-5-16-14(10-17(3)4)9-12-8-13(15)7-6-11(12)2/h6-8,14,16H,5,9-10H2,1-4H3. The van der Waals surface area contributed by atoms with Crippen molar-refractivity contribution in [3.63, 3.8) is 0 Å². The molecule has 0 saturated carbocycles. The van der Waals surface area contributed by atoms with Crippen LogP contribution >= 0.6 is 0 Å². The summed E-state index contributed by atoms with van der Waals surface area (Å²) < 4.78 is 13.2. The fraction of sp³-hybridized carbons (Fsp3) is 0.571. The molecule has 1 aromatic rings. The van der Waals surface area contributed by atoms with Crippen molar-refractivity contribution < 1.29 is 4.39 Å². The highest BCUT2D eigenvalue weighted by atomic mass is 19.1. The summed E-state index contributed by atoms with van der Waals surface area (Å²) in [5.41, 5.74) is 2.26. The molecule has 0 bridgehead atoms. The van der Waals surface area contributed by atoms with Crippen LogP contribution in [0.4, 0.5) is 4.39 Å². The number of halogens is 1. The Balaban J connectivity index is 2.74. The van der Waals surface area contributed by atoms with Crippen LogP contribution in [0.15, 0.2) is 18.2 Å². The van der Waals surface area contributed by atoms with Gasteiger partial charge in [-0.25, -0.2) is 4.39 Å². The molecule has 0 aliphatic carbocycles. The summed E-state index contributed by atoms with van der Waals surface area (Å²) in [6, 6.07) is 5.39. The molecule has 1 N–H and O–H groups in total. The second kappa shape index (κ2) is 6.72. The van der Waals surface area contributed by atoms with E-state index in [4.69, 9.17) is 0 Å². The van der Waals surface area contributed by atoms with Crippen molar-refractivity contribution in [2.75, 3.05) is 27.2 Å². The number of nitrogens with one attached hydrogen (secondary N) is 1. The zero-order valence-electron chi connectivity index (χ0n) is 11.3. The predicted molar refractivity (Wildman–Crippen MR) is 70.9 cm³/mol. The monoisotopic (exact) mass is 238 g/mol. The van der Waals surface area contributed by atoms with Crippen LogP contribution in [0.1, 0.15) is 18.1 Å². The van der Waals surface area contributed by atoms with E-state index in [9.17, 15) is 4.39 Å². The fourth-order valence-corrected chi connectivity index (χ4v) is 2.06. The normalized spacial score (nSPS) is 13.1. The summed E-state index contributed by atoms with van der Waals surface area (Å²) in [6.45, 7) is 6.03. The third kappa shape index (κ3) is 4.84. The number of nitrogens with zero attached hydrogens (tertiary/aromatic N) is 1. The highest BCUT2D eigenvalue weighted by Crippen LogP contribution is 2.12. The molecule has 0 amide bonds. The lowest BCUT2D eigenvalue weighted by Crippen LogP contribution is -2.39. The Bertz CT molecular complexity index is 350. The second-order valence-electron chi connectivity index (χ2n) is 4.79. The zero-order chi connectivity index (χ0) is 12.8. The van der Waals surface area contributed by atoms with E-state index in [1.54, 1.807) is 6.07 Å². The largest absolute Gasteiger partial charge is 0.313 e. The minimum Gasteiger partial charge on any atom is -0.313 e. The molecule has 1 unspecified atom stereocenters. The fourth-order valence-electron chi connectivity index (χ4n) is 2.06. The lowest BCUT2D eigenvalue weighted by molar-refractivity contribution is 0.338. The SMILES string of the molecule is CCNC(Cc1cc(F)ccc1C)CN(C)C. The van der Waals surface area contributed by atoms with E-state index in [-0.39, 0.29) is 5.82 Å². The number of likely N-dealkylation sites (N-methyl/N-ethyl adjacent to an activating group) is 2. The second-order valence-corrected chi connectivity index (χ2v) is 4.79. The molecule has 0 radical (unpaired) electrons. The highest BCUT2D eigenvalue weighted by molar-refractivity contribution is 5.27. The van der Waals surface area contributed by atoms with Crippen LogP contribution in [0.3, 0.4) is 0 Å². The van der Waals surface area contributed by atoms with E-state index < -0.39 is 0 Å². The maximum Gasteiger partial charge on any atom is 0.123 e. The van der Waals surface area contributed by atoms with Crippen LogP contribution in [0.5, 0.6) is 0 Å². The number of hydrogen-bond donors (Lipinski definition) is 1. The highest BCUT2D eigenvalue weighted by Gasteiger charge is 2.11. The van der Waals surface area contributed by atoms with E-state index in [2.05, 4.69) is 31.2 Å². The summed E-state index contributed by atoms with van der Waals surface area (Å²) >= 11 is 0. The summed E-state index contributed by atoms with van der Waals surface area (Å²) in [4.78, 5) is 2.15. The smallest absolute Gasteiger partial charge is 0.123 e. The van der Waals surface area contributed by atoms with Gasteiger partial charge in [0.2, 0.25) is 0 Å². The van der Waals surface area contributed by atoms with Gasteiger partial charge in [0.1, 0.15) is 5.82 Å². The van der Waals surface area contributed by atoms with Crippen molar-refractivity contribution in [1.82, 2.24) is 10.2 Å². The van der Waals surface area contributed by atoms with Gasteiger partial charge in [0.15, 0.2) is 0 Å². The first-order valence-electron chi connectivity index (χ1n) is 6.16. The first-order valence-corrected chi connectivity index (χ1v) is 6.16. The van der Waals surface area contributed by atoms with Crippen molar-refractivity contribution in [1.29, 1.82) is 0 Å². The maximum absolute atomic E-state index is 13.2. The van der Waals surface area contributed by atoms with Crippen LogP contribution in [0, 0.1) is 12.7 Å². The lowest BCUT2D eigenvalue weighted by Gasteiger charge is -2.22. The minimum absolute atomic E-state index is 0.147. The molecular formula is C14H23FN2. The number of aryl methyl sites for hydroxylation is 1. The molecule has 2 nitrogen and oxygen atoms in total. The Hall–Kier alpha value is -0.930. The summed E-state index contributed by atoms with van der Waals surface area (Å²) in [7, 11) is 4.12. The van der Waals surface area contributed by atoms with Crippen molar-refractivity contribution in [2.24, 2.45) is 0 Å². The zero-order valence-corrected chi connectivity index (χ0v) is 11.3. The Morgan fingerprint density at radius 2 is 2.06 bits per heavy atom. The molecule has 1 atom stereocenters. The van der Waals surface area contributed by atoms with Gasteiger partial charge < -0.3 is 10.2 Å². The van der Waals surface area contributed by atoms with Gasteiger partial charge in [0, 0.05) is 12.6 Å². The first kappa shape index (κ1) is 14.1. The van der Waals surface area contributed by atoms with E-state index in [1.165, 1.54) is 6.07 Å². The van der Waals surface area contributed by atoms with Gasteiger partial charge in [0.05, 0.1) is 0 Å². The van der Waals surface area contributed by atoms with E-state index >= 15 is 0 Å². The molecule has 1 rings (SSSR count). The maximum atomic E-state index is 13.2. The lowest BCUT2D eigenvalue weighted by atomic mass is 10.0. The Labute approximate surface area is 104 Å². The minimum atomic E-state index is -0.147. The molecule has 3 heteroatoms. The quantitative estimate of drug-likeness (QED) is 0.817. The van der Waals surface area contributed by atoms with Crippen LogP contribution in [-0.4, -0.2) is 38.1 Å². The van der Waals surface area contributed by atoms with Gasteiger partial charge in [-0.15, -0.1) is 0 Å². The van der Waals surface area contributed by atoms with E-state index in [0.29, 0.717) is 6.04 Å². The molecule has 0 aromatic heterocycles. The van der Waals surface area contributed by atoms with Crippen molar-refractivity contribution in [3.05, 3.63) is 35.1 Å². The van der Waals surface area contributed by atoms with Gasteiger partial charge in [-0.3, -0.25) is 0 Å². The van der Waals surface area contributed by atoms with Crippen LogP contribution in [-0.2, 0) is 6.42 Å². The summed E-state index contributed by atoms with van der Waals surface area (Å²) in [5.74, 6) is -0.147. The Kier molecular flexibility index (Phi) is 5.59. The van der Waals surface area contributed by atoms with Gasteiger partial charge in [-0.1, -0.05) is 13.0 Å². The predicted octanol–water partition coefficient (Wildman–Crippen LogP) is 2.22.